The van der Waals surface area contributed by atoms with Crippen LogP contribution in [0.3, 0.4) is 0 Å². The van der Waals surface area contributed by atoms with Gasteiger partial charge in [0, 0.05) is 5.56 Å². The van der Waals surface area contributed by atoms with Gasteiger partial charge in [-0.3, -0.25) is 9.59 Å². The Balaban J connectivity index is 2.18. The molecule has 1 aliphatic heterocycles. The van der Waals surface area contributed by atoms with Crippen molar-refractivity contribution in [3.63, 3.8) is 0 Å². The molecule has 2 amide bonds. The lowest BCUT2D eigenvalue weighted by molar-refractivity contribution is -0.117. The zero-order valence-corrected chi connectivity index (χ0v) is 13.1. The maximum Gasteiger partial charge on any atom is 0.265 e. The van der Waals surface area contributed by atoms with Gasteiger partial charge in [-0.25, -0.2) is 4.90 Å². The van der Waals surface area contributed by atoms with Crippen LogP contribution in [0.4, 0.5) is 5.69 Å². The molecule has 0 unspecified atom stereocenters. The number of benzene rings is 2. The highest BCUT2D eigenvalue weighted by Gasteiger charge is 2.34. The molecule has 1 aliphatic rings. The summed E-state index contributed by atoms with van der Waals surface area (Å²) in [5.74, 6) is -0.129. The highest BCUT2D eigenvalue weighted by molar-refractivity contribution is 6.25. The first-order chi connectivity index (χ1) is 10.5. The fraction of sp³-hybridized carbons (Fsp3) is 0.263. The Kier molecular flexibility index (Phi) is 3.57. The zero-order chi connectivity index (χ0) is 15.9. The van der Waals surface area contributed by atoms with Gasteiger partial charge in [-0.2, -0.15) is 0 Å². The summed E-state index contributed by atoms with van der Waals surface area (Å²) in [6, 6.07) is 13.3. The van der Waals surface area contributed by atoms with E-state index in [-0.39, 0.29) is 24.2 Å². The van der Waals surface area contributed by atoms with E-state index in [0.29, 0.717) is 5.56 Å². The van der Waals surface area contributed by atoms with E-state index in [2.05, 4.69) is 13.8 Å². The number of hydrogen-bond acceptors (Lipinski definition) is 2. The van der Waals surface area contributed by atoms with E-state index in [9.17, 15) is 9.59 Å². The Morgan fingerprint density at radius 3 is 2.45 bits per heavy atom. The van der Waals surface area contributed by atoms with E-state index in [4.69, 9.17) is 0 Å². The molecule has 0 N–H and O–H groups in total. The molecule has 3 heteroatoms. The molecule has 0 fully saturated rings. The maximum atomic E-state index is 12.9. The fourth-order valence-corrected chi connectivity index (χ4v) is 3.04. The summed E-state index contributed by atoms with van der Waals surface area (Å²) in [5.41, 5.74) is 4.17. The minimum absolute atomic E-state index is 0.153. The number of fused-ring (bicyclic) bond motifs is 1. The molecule has 3 rings (SSSR count). The number of anilines is 1. The van der Waals surface area contributed by atoms with E-state index in [1.54, 1.807) is 6.07 Å². The quantitative estimate of drug-likeness (QED) is 0.789. The molecule has 0 saturated heterocycles. The zero-order valence-electron chi connectivity index (χ0n) is 13.1. The third kappa shape index (κ3) is 2.23. The molecule has 22 heavy (non-hydrogen) atoms. The summed E-state index contributed by atoms with van der Waals surface area (Å²) in [6.07, 6.45) is 0.272. The number of aryl methyl sites for hydroxylation is 1. The predicted molar refractivity (Wildman–Crippen MR) is 87.2 cm³/mol. The smallest absolute Gasteiger partial charge is 0.265 e. The van der Waals surface area contributed by atoms with Crippen molar-refractivity contribution in [2.75, 3.05) is 4.90 Å². The number of rotatable bonds is 2. The van der Waals surface area contributed by atoms with Crippen LogP contribution >= 0.6 is 0 Å². The number of para-hydroxylation sites is 1. The summed E-state index contributed by atoms with van der Waals surface area (Å²) in [6.45, 7) is 6.10. The Bertz CT molecular complexity index is 762. The highest BCUT2D eigenvalue weighted by atomic mass is 16.2. The monoisotopic (exact) mass is 293 g/mol. The summed E-state index contributed by atoms with van der Waals surface area (Å²) in [7, 11) is 0. The molecule has 2 aromatic carbocycles. The van der Waals surface area contributed by atoms with Crippen molar-refractivity contribution in [3.8, 4) is 0 Å². The molecule has 2 aromatic rings. The molecule has 0 radical (unpaired) electrons. The van der Waals surface area contributed by atoms with Crippen LogP contribution in [0.25, 0.3) is 0 Å². The van der Waals surface area contributed by atoms with Gasteiger partial charge in [-0.1, -0.05) is 50.2 Å². The van der Waals surface area contributed by atoms with Gasteiger partial charge in [-0.05, 0) is 35.6 Å². The largest absolute Gasteiger partial charge is 0.274 e. The van der Waals surface area contributed by atoms with Gasteiger partial charge in [0.1, 0.15) is 0 Å². The van der Waals surface area contributed by atoms with E-state index in [0.717, 1.165) is 22.4 Å². The first kappa shape index (κ1) is 14.5. The highest BCUT2D eigenvalue weighted by Crippen LogP contribution is 2.34. The Hall–Kier alpha value is -2.42. The molecule has 0 atom stereocenters. The van der Waals surface area contributed by atoms with E-state index < -0.39 is 0 Å². The Morgan fingerprint density at radius 2 is 1.73 bits per heavy atom. The van der Waals surface area contributed by atoms with Crippen LogP contribution in [0.1, 0.15) is 46.8 Å². The van der Waals surface area contributed by atoms with Crippen molar-refractivity contribution < 1.29 is 9.59 Å². The van der Waals surface area contributed by atoms with E-state index in [1.807, 2.05) is 43.3 Å². The van der Waals surface area contributed by atoms with Gasteiger partial charge in [0.2, 0.25) is 5.91 Å². The summed E-state index contributed by atoms with van der Waals surface area (Å²) in [4.78, 5) is 26.8. The van der Waals surface area contributed by atoms with Crippen molar-refractivity contribution in [1.82, 2.24) is 0 Å². The normalized spacial score (nSPS) is 14.5. The summed E-state index contributed by atoms with van der Waals surface area (Å²) in [5, 5.41) is 0. The second-order valence-corrected chi connectivity index (χ2v) is 6.04. The van der Waals surface area contributed by atoms with E-state index >= 15 is 0 Å². The van der Waals surface area contributed by atoms with Crippen LogP contribution < -0.4 is 4.90 Å². The van der Waals surface area contributed by atoms with Crippen LogP contribution in [0, 0.1) is 6.92 Å². The number of imide groups is 1. The van der Waals surface area contributed by atoms with Gasteiger partial charge < -0.3 is 0 Å². The van der Waals surface area contributed by atoms with Crippen molar-refractivity contribution in [1.29, 1.82) is 0 Å². The lowest BCUT2D eigenvalue weighted by atomic mass is 9.93. The number of carbonyl (C=O) groups excluding carboxylic acids is 2. The molecule has 0 aromatic heterocycles. The van der Waals surface area contributed by atoms with Gasteiger partial charge in [0.25, 0.3) is 5.91 Å². The first-order valence-electron chi connectivity index (χ1n) is 7.55. The average Bonchev–Trinajstić information content (AvgIpc) is 2.48. The number of carbonyl (C=O) groups is 2. The lowest BCUT2D eigenvalue weighted by Crippen LogP contribution is -2.43. The van der Waals surface area contributed by atoms with Crippen molar-refractivity contribution in [3.05, 3.63) is 64.7 Å². The van der Waals surface area contributed by atoms with Crippen LogP contribution in [0.5, 0.6) is 0 Å². The van der Waals surface area contributed by atoms with Crippen LogP contribution in [0.2, 0.25) is 0 Å². The van der Waals surface area contributed by atoms with Crippen LogP contribution in [-0.2, 0) is 11.2 Å². The third-order valence-corrected chi connectivity index (χ3v) is 4.16. The molecular weight excluding hydrogens is 274 g/mol. The average molecular weight is 293 g/mol. The second kappa shape index (κ2) is 5.41. The molecule has 0 aliphatic carbocycles. The van der Waals surface area contributed by atoms with Gasteiger partial charge in [-0.15, -0.1) is 0 Å². The van der Waals surface area contributed by atoms with E-state index in [1.165, 1.54) is 4.90 Å². The number of hydrogen-bond donors (Lipinski definition) is 0. The Morgan fingerprint density at radius 1 is 1.00 bits per heavy atom. The van der Waals surface area contributed by atoms with Crippen LogP contribution in [0.15, 0.2) is 42.5 Å². The van der Waals surface area contributed by atoms with Crippen molar-refractivity contribution in [2.24, 2.45) is 0 Å². The van der Waals surface area contributed by atoms with Crippen LogP contribution in [-0.4, -0.2) is 11.8 Å². The maximum absolute atomic E-state index is 12.9. The van der Waals surface area contributed by atoms with Gasteiger partial charge >= 0.3 is 0 Å². The minimum Gasteiger partial charge on any atom is -0.274 e. The molecule has 0 saturated carbocycles. The molecule has 112 valence electrons. The summed E-state index contributed by atoms with van der Waals surface area (Å²) >= 11 is 0. The number of nitrogens with zero attached hydrogens (tertiary/aromatic N) is 1. The topological polar surface area (TPSA) is 37.4 Å². The SMILES string of the molecule is Cc1cccc(C(C)C)c1N1C(=O)Cc2ccccc2C1=O. The standard InChI is InChI=1S/C19H19NO2/c1-12(2)15-10-6-7-13(3)18(15)20-17(21)11-14-8-4-5-9-16(14)19(20)22/h4-10,12H,11H2,1-3H3. The molecular formula is C19H19NO2. The first-order valence-corrected chi connectivity index (χ1v) is 7.55. The molecule has 0 spiro atoms. The van der Waals surface area contributed by atoms with Crippen molar-refractivity contribution >= 4 is 17.5 Å². The molecule has 3 nitrogen and oxygen atoms in total. The number of amides is 2. The summed E-state index contributed by atoms with van der Waals surface area (Å²) < 4.78 is 0. The minimum atomic E-state index is -0.219. The van der Waals surface area contributed by atoms with Gasteiger partial charge in [0.15, 0.2) is 0 Å². The molecule has 0 bridgehead atoms. The fourth-order valence-electron chi connectivity index (χ4n) is 3.04. The van der Waals surface area contributed by atoms with Gasteiger partial charge in [0.05, 0.1) is 12.1 Å². The lowest BCUT2D eigenvalue weighted by Gasteiger charge is -2.30. The Labute approximate surface area is 130 Å². The van der Waals surface area contributed by atoms with Crippen molar-refractivity contribution in [2.45, 2.75) is 33.1 Å². The second-order valence-electron chi connectivity index (χ2n) is 6.04. The third-order valence-electron chi connectivity index (χ3n) is 4.16. The predicted octanol–water partition coefficient (Wildman–Crippen LogP) is 3.85. The molecule has 1 heterocycles.